The Labute approximate surface area is 113 Å². The maximum Gasteiger partial charge on any atom is 0.573 e. The van der Waals surface area contributed by atoms with Gasteiger partial charge >= 0.3 is 6.36 Å². The average molecular weight is 277 g/mol. The molecule has 0 radical (unpaired) electrons. The lowest BCUT2D eigenvalue weighted by Crippen LogP contribution is -2.17. The zero-order valence-corrected chi connectivity index (χ0v) is 10.3. The molecule has 2 aromatic rings. The van der Waals surface area contributed by atoms with Gasteiger partial charge in [-0.05, 0) is 29.3 Å². The Hall–Kier alpha value is -2.30. The topological polar surface area (TPSA) is 21.6 Å². The van der Waals surface area contributed by atoms with Crippen LogP contribution in [0.1, 0.15) is 11.1 Å². The lowest BCUT2D eigenvalue weighted by molar-refractivity contribution is -0.274. The summed E-state index contributed by atoms with van der Waals surface area (Å²) in [5.41, 5.74) is 3.26. The van der Waals surface area contributed by atoms with Gasteiger partial charge in [0.15, 0.2) is 0 Å². The first kappa shape index (κ1) is 12.7. The maximum atomic E-state index is 12.2. The van der Waals surface area contributed by atoms with Crippen molar-refractivity contribution in [2.24, 2.45) is 4.99 Å². The second kappa shape index (κ2) is 4.67. The van der Waals surface area contributed by atoms with Crippen molar-refractivity contribution in [3.05, 3.63) is 59.7 Å². The van der Waals surface area contributed by atoms with E-state index in [0.717, 1.165) is 16.8 Å². The maximum absolute atomic E-state index is 12.2. The molecule has 0 aromatic heterocycles. The average Bonchev–Trinajstić information content (AvgIpc) is 2.81. The highest BCUT2D eigenvalue weighted by Crippen LogP contribution is 2.33. The Morgan fingerprint density at radius 1 is 1.00 bits per heavy atom. The molecule has 2 aromatic carbocycles. The van der Waals surface area contributed by atoms with Gasteiger partial charge in [0.25, 0.3) is 0 Å². The third-order valence-electron chi connectivity index (χ3n) is 3.00. The molecule has 0 unspecified atom stereocenters. The summed E-state index contributed by atoms with van der Waals surface area (Å²) in [6, 6.07) is 13.8. The van der Waals surface area contributed by atoms with Crippen LogP contribution in [0.2, 0.25) is 0 Å². The van der Waals surface area contributed by atoms with Crippen LogP contribution in [0.4, 0.5) is 18.9 Å². The zero-order chi connectivity index (χ0) is 14.2. The summed E-state index contributed by atoms with van der Waals surface area (Å²) in [6.07, 6.45) is -4.16. The summed E-state index contributed by atoms with van der Waals surface area (Å²) in [6.45, 7) is 0. The van der Waals surface area contributed by atoms with Crippen molar-refractivity contribution in [1.82, 2.24) is 0 Å². The standard InChI is InChI=1S/C15H10F3NO/c16-15(17,18)20-12-6-7-13-11(8-12)9-14(19-13)10-4-2-1-3-5-10/h1-8H,9H2. The number of hydrogen-bond donors (Lipinski definition) is 0. The van der Waals surface area contributed by atoms with Gasteiger partial charge in [-0.2, -0.15) is 0 Å². The monoisotopic (exact) mass is 277 g/mol. The van der Waals surface area contributed by atoms with E-state index >= 15 is 0 Å². The molecule has 0 saturated heterocycles. The van der Waals surface area contributed by atoms with E-state index in [0.29, 0.717) is 12.1 Å². The van der Waals surface area contributed by atoms with E-state index in [9.17, 15) is 13.2 Å². The second-order valence-corrected chi connectivity index (χ2v) is 4.44. The van der Waals surface area contributed by atoms with Crippen LogP contribution in [0.15, 0.2) is 53.5 Å². The molecule has 0 fully saturated rings. The molecule has 1 aliphatic rings. The van der Waals surface area contributed by atoms with Crippen LogP contribution in [0.5, 0.6) is 5.75 Å². The Morgan fingerprint density at radius 3 is 2.45 bits per heavy atom. The fourth-order valence-corrected chi connectivity index (χ4v) is 2.17. The first-order valence-corrected chi connectivity index (χ1v) is 6.03. The number of aliphatic imine (C=N–C) groups is 1. The Balaban J connectivity index is 1.85. The van der Waals surface area contributed by atoms with E-state index < -0.39 is 6.36 Å². The number of rotatable bonds is 2. The highest BCUT2D eigenvalue weighted by Gasteiger charge is 2.31. The van der Waals surface area contributed by atoms with Crippen LogP contribution in [-0.4, -0.2) is 12.1 Å². The van der Waals surface area contributed by atoms with E-state index in [1.165, 1.54) is 12.1 Å². The predicted octanol–water partition coefficient (Wildman–Crippen LogP) is 4.26. The number of benzene rings is 2. The van der Waals surface area contributed by atoms with Gasteiger partial charge in [0, 0.05) is 6.42 Å². The number of hydrogen-bond acceptors (Lipinski definition) is 2. The van der Waals surface area contributed by atoms with Crippen LogP contribution in [-0.2, 0) is 6.42 Å². The number of ether oxygens (including phenoxy) is 1. The van der Waals surface area contributed by atoms with Crippen LogP contribution in [0.25, 0.3) is 0 Å². The molecule has 0 amide bonds. The van der Waals surface area contributed by atoms with Gasteiger partial charge in [0.1, 0.15) is 5.75 Å². The zero-order valence-electron chi connectivity index (χ0n) is 10.3. The third kappa shape index (κ3) is 2.66. The van der Waals surface area contributed by atoms with E-state index in [-0.39, 0.29) is 5.75 Å². The Kier molecular flexibility index (Phi) is 2.97. The van der Waals surface area contributed by atoms with E-state index in [4.69, 9.17) is 0 Å². The van der Waals surface area contributed by atoms with Gasteiger partial charge in [-0.1, -0.05) is 30.3 Å². The van der Waals surface area contributed by atoms with Gasteiger partial charge < -0.3 is 4.74 Å². The fourth-order valence-electron chi connectivity index (χ4n) is 2.17. The van der Waals surface area contributed by atoms with E-state index in [2.05, 4.69) is 9.73 Å². The SMILES string of the molecule is FC(F)(F)Oc1ccc2c(c1)CC(c1ccccc1)=N2. The summed E-state index contributed by atoms with van der Waals surface area (Å²) >= 11 is 0. The molecule has 0 saturated carbocycles. The Bertz CT molecular complexity index is 663. The number of alkyl halides is 3. The van der Waals surface area contributed by atoms with Gasteiger partial charge in [0.05, 0.1) is 11.4 Å². The van der Waals surface area contributed by atoms with Crippen molar-refractivity contribution in [2.45, 2.75) is 12.8 Å². The molecule has 20 heavy (non-hydrogen) atoms. The second-order valence-electron chi connectivity index (χ2n) is 4.44. The van der Waals surface area contributed by atoms with Crippen molar-refractivity contribution >= 4 is 11.4 Å². The molecule has 0 spiro atoms. The molecule has 0 N–H and O–H groups in total. The van der Waals surface area contributed by atoms with Crippen molar-refractivity contribution < 1.29 is 17.9 Å². The molecule has 3 rings (SSSR count). The molecular formula is C15H10F3NO. The molecular weight excluding hydrogens is 267 g/mol. The predicted molar refractivity (Wildman–Crippen MR) is 69.5 cm³/mol. The van der Waals surface area contributed by atoms with Crippen molar-refractivity contribution in [3.63, 3.8) is 0 Å². The quantitative estimate of drug-likeness (QED) is 0.803. The van der Waals surface area contributed by atoms with Crippen LogP contribution < -0.4 is 4.74 Å². The van der Waals surface area contributed by atoms with Crippen molar-refractivity contribution in [1.29, 1.82) is 0 Å². The lowest BCUT2D eigenvalue weighted by Gasteiger charge is -2.09. The lowest BCUT2D eigenvalue weighted by atomic mass is 10.0. The molecule has 0 aliphatic carbocycles. The fraction of sp³-hybridized carbons (Fsp3) is 0.133. The van der Waals surface area contributed by atoms with Crippen LogP contribution >= 0.6 is 0 Å². The molecule has 0 bridgehead atoms. The molecule has 0 atom stereocenters. The molecule has 102 valence electrons. The number of halogens is 3. The molecule has 5 heteroatoms. The van der Waals surface area contributed by atoms with Gasteiger partial charge in [0.2, 0.25) is 0 Å². The minimum atomic E-state index is -4.67. The van der Waals surface area contributed by atoms with Gasteiger partial charge in [-0.3, -0.25) is 4.99 Å². The van der Waals surface area contributed by atoms with Crippen molar-refractivity contribution in [2.75, 3.05) is 0 Å². The third-order valence-corrected chi connectivity index (χ3v) is 3.00. The summed E-state index contributed by atoms with van der Waals surface area (Å²) in [5, 5.41) is 0. The molecule has 1 aliphatic heterocycles. The first-order valence-electron chi connectivity index (χ1n) is 6.03. The largest absolute Gasteiger partial charge is 0.573 e. The van der Waals surface area contributed by atoms with Crippen molar-refractivity contribution in [3.8, 4) is 5.75 Å². The number of nitrogens with zero attached hydrogens (tertiary/aromatic N) is 1. The minimum absolute atomic E-state index is 0.208. The number of fused-ring (bicyclic) bond motifs is 1. The smallest absolute Gasteiger partial charge is 0.406 e. The summed E-state index contributed by atoms with van der Waals surface area (Å²) < 4.78 is 40.5. The first-order chi connectivity index (χ1) is 9.51. The Morgan fingerprint density at radius 2 is 1.75 bits per heavy atom. The molecule has 2 nitrogen and oxygen atoms in total. The minimum Gasteiger partial charge on any atom is -0.406 e. The summed E-state index contributed by atoms with van der Waals surface area (Å²) in [7, 11) is 0. The van der Waals surface area contributed by atoms with Crippen LogP contribution in [0, 0.1) is 0 Å². The van der Waals surface area contributed by atoms with E-state index in [1.54, 1.807) is 6.07 Å². The normalized spacial score (nSPS) is 13.8. The van der Waals surface area contributed by atoms with E-state index in [1.807, 2.05) is 30.3 Å². The van der Waals surface area contributed by atoms with Gasteiger partial charge in [-0.25, -0.2) is 0 Å². The highest BCUT2D eigenvalue weighted by molar-refractivity contribution is 6.06. The molecule has 1 heterocycles. The summed E-state index contributed by atoms with van der Waals surface area (Å²) in [4.78, 5) is 4.44. The van der Waals surface area contributed by atoms with Crippen LogP contribution in [0.3, 0.4) is 0 Å². The summed E-state index contributed by atoms with van der Waals surface area (Å²) in [5.74, 6) is -0.208. The highest BCUT2D eigenvalue weighted by atomic mass is 19.4. The van der Waals surface area contributed by atoms with Gasteiger partial charge in [-0.15, -0.1) is 13.2 Å².